The molecule has 0 aromatic carbocycles. The van der Waals surface area contributed by atoms with Crippen molar-refractivity contribution < 1.29 is 4.42 Å². The predicted octanol–water partition coefficient (Wildman–Crippen LogP) is 3.40. The maximum absolute atomic E-state index is 5.98. The fraction of sp³-hybridized carbons (Fsp3) is 0.765. The van der Waals surface area contributed by atoms with Crippen LogP contribution in [0.4, 0.5) is 0 Å². The molecule has 3 rings (SSSR count). The lowest BCUT2D eigenvalue weighted by Crippen LogP contribution is -2.45. The van der Waals surface area contributed by atoms with Crippen molar-refractivity contribution in [3.8, 4) is 0 Å². The van der Waals surface area contributed by atoms with Crippen LogP contribution in [0.2, 0.25) is 0 Å². The zero-order chi connectivity index (χ0) is 14.1. The molecule has 2 aliphatic rings. The summed E-state index contributed by atoms with van der Waals surface area (Å²) in [5.41, 5.74) is 0. The molecule has 112 valence electrons. The van der Waals surface area contributed by atoms with E-state index in [4.69, 9.17) is 4.42 Å². The van der Waals surface area contributed by atoms with Crippen molar-refractivity contribution in [2.75, 3.05) is 6.54 Å². The minimum Gasteiger partial charge on any atom is -0.463 e. The van der Waals surface area contributed by atoms with E-state index in [9.17, 15) is 0 Å². The molecular formula is C17H28N2O. The standard InChI is InChI=1S/C17H28N2O/c1-12-8-13(2)14(3)19(10-12)11-17-7-6-16(20-17)9-18-15-4-5-15/h6-7,12-15,18H,4-5,8-11H2,1-3H3. The molecule has 1 saturated carbocycles. The predicted molar refractivity (Wildman–Crippen MR) is 81.4 cm³/mol. The van der Waals surface area contributed by atoms with Gasteiger partial charge in [0.05, 0.1) is 13.1 Å². The number of hydrogen-bond donors (Lipinski definition) is 1. The highest BCUT2D eigenvalue weighted by molar-refractivity contribution is 5.08. The first kappa shape index (κ1) is 14.2. The minimum atomic E-state index is 0.657. The molecule has 1 aromatic heterocycles. The number of piperidine rings is 1. The Morgan fingerprint density at radius 3 is 2.70 bits per heavy atom. The van der Waals surface area contributed by atoms with Gasteiger partial charge in [-0.05, 0) is 50.2 Å². The smallest absolute Gasteiger partial charge is 0.118 e. The molecule has 2 fully saturated rings. The first-order valence-corrected chi connectivity index (χ1v) is 8.17. The number of likely N-dealkylation sites (tertiary alicyclic amines) is 1. The van der Waals surface area contributed by atoms with Crippen LogP contribution in [-0.2, 0) is 13.1 Å². The van der Waals surface area contributed by atoms with Gasteiger partial charge in [-0.1, -0.05) is 13.8 Å². The highest BCUT2D eigenvalue weighted by Crippen LogP contribution is 2.28. The molecule has 0 amide bonds. The van der Waals surface area contributed by atoms with Crippen molar-refractivity contribution in [3.63, 3.8) is 0 Å². The van der Waals surface area contributed by atoms with E-state index >= 15 is 0 Å². The normalized spacial score (nSPS) is 31.6. The van der Waals surface area contributed by atoms with E-state index in [0.717, 1.165) is 42.5 Å². The summed E-state index contributed by atoms with van der Waals surface area (Å²) < 4.78 is 5.98. The Balaban J connectivity index is 1.55. The molecule has 0 radical (unpaired) electrons. The van der Waals surface area contributed by atoms with Gasteiger partial charge in [-0.25, -0.2) is 0 Å². The Bertz CT molecular complexity index is 438. The van der Waals surface area contributed by atoms with Crippen molar-refractivity contribution in [1.82, 2.24) is 10.2 Å². The average Bonchev–Trinajstić information content (AvgIpc) is 3.13. The zero-order valence-electron chi connectivity index (χ0n) is 13.1. The first-order valence-electron chi connectivity index (χ1n) is 8.17. The van der Waals surface area contributed by atoms with Gasteiger partial charge in [0.15, 0.2) is 0 Å². The average molecular weight is 276 g/mol. The molecule has 3 nitrogen and oxygen atoms in total. The molecule has 1 aliphatic heterocycles. The number of rotatable bonds is 5. The Hall–Kier alpha value is -0.800. The lowest BCUT2D eigenvalue weighted by Gasteiger charge is -2.40. The van der Waals surface area contributed by atoms with E-state index in [1.165, 1.54) is 25.8 Å². The second-order valence-corrected chi connectivity index (χ2v) is 7.01. The van der Waals surface area contributed by atoms with Gasteiger partial charge < -0.3 is 9.73 Å². The molecule has 0 bridgehead atoms. The molecule has 20 heavy (non-hydrogen) atoms. The summed E-state index contributed by atoms with van der Waals surface area (Å²) >= 11 is 0. The van der Waals surface area contributed by atoms with E-state index < -0.39 is 0 Å². The van der Waals surface area contributed by atoms with Crippen LogP contribution in [-0.4, -0.2) is 23.5 Å². The number of nitrogens with one attached hydrogen (secondary N) is 1. The quantitative estimate of drug-likeness (QED) is 0.893. The van der Waals surface area contributed by atoms with E-state index in [1.807, 2.05) is 0 Å². The van der Waals surface area contributed by atoms with E-state index in [1.54, 1.807) is 0 Å². The van der Waals surface area contributed by atoms with Crippen LogP contribution in [0.3, 0.4) is 0 Å². The van der Waals surface area contributed by atoms with Crippen LogP contribution in [0.1, 0.15) is 51.6 Å². The summed E-state index contributed by atoms with van der Waals surface area (Å²) in [6.07, 6.45) is 4.01. The van der Waals surface area contributed by atoms with Crippen molar-refractivity contribution in [3.05, 3.63) is 23.7 Å². The Morgan fingerprint density at radius 1 is 1.20 bits per heavy atom. The summed E-state index contributed by atoms with van der Waals surface area (Å²) in [5, 5.41) is 3.51. The molecule has 3 heteroatoms. The van der Waals surface area contributed by atoms with Crippen molar-refractivity contribution in [2.24, 2.45) is 11.8 Å². The maximum atomic E-state index is 5.98. The molecule has 1 N–H and O–H groups in total. The van der Waals surface area contributed by atoms with Crippen molar-refractivity contribution in [1.29, 1.82) is 0 Å². The summed E-state index contributed by atoms with van der Waals surface area (Å²) in [5.74, 6) is 3.78. The molecule has 1 aromatic rings. The second-order valence-electron chi connectivity index (χ2n) is 7.01. The second kappa shape index (κ2) is 5.90. The fourth-order valence-corrected chi connectivity index (χ4v) is 3.38. The minimum absolute atomic E-state index is 0.657. The Morgan fingerprint density at radius 2 is 1.95 bits per heavy atom. The fourth-order valence-electron chi connectivity index (χ4n) is 3.38. The molecule has 3 unspecified atom stereocenters. The third-order valence-corrected chi connectivity index (χ3v) is 4.94. The van der Waals surface area contributed by atoms with Gasteiger partial charge in [-0.3, -0.25) is 4.90 Å². The van der Waals surface area contributed by atoms with Gasteiger partial charge in [-0.2, -0.15) is 0 Å². The zero-order valence-corrected chi connectivity index (χ0v) is 13.1. The lowest BCUT2D eigenvalue weighted by molar-refractivity contribution is 0.0664. The van der Waals surface area contributed by atoms with Gasteiger partial charge in [0.2, 0.25) is 0 Å². The highest BCUT2D eigenvalue weighted by Gasteiger charge is 2.29. The van der Waals surface area contributed by atoms with Gasteiger partial charge in [0.25, 0.3) is 0 Å². The van der Waals surface area contributed by atoms with Crippen molar-refractivity contribution in [2.45, 2.75) is 65.2 Å². The van der Waals surface area contributed by atoms with Crippen LogP contribution in [0.15, 0.2) is 16.5 Å². The van der Waals surface area contributed by atoms with E-state index in [-0.39, 0.29) is 0 Å². The number of nitrogens with zero attached hydrogens (tertiary/aromatic N) is 1. The monoisotopic (exact) mass is 276 g/mol. The molecular weight excluding hydrogens is 248 g/mol. The van der Waals surface area contributed by atoms with Crippen LogP contribution in [0.25, 0.3) is 0 Å². The van der Waals surface area contributed by atoms with Gasteiger partial charge in [0.1, 0.15) is 11.5 Å². The Kier molecular flexibility index (Phi) is 4.18. The van der Waals surface area contributed by atoms with Gasteiger partial charge >= 0.3 is 0 Å². The highest BCUT2D eigenvalue weighted by atomic mass is 16.3. The Labute approximate surface area is 122 Å². The molecule has 3 atom stereocenters. The van der Waals surface area contributed by atoms with Crippen LogP contribution < -0.4 is 5.32 Å². The van der Waals surface area contributed by atoms with E-state index in [2.05, 4.69) is 43.1 Å². The summed E-state index contributed by atoms with van der Waals surface area (Å²) in [6.45, 7) is 10.1. The third kappa shape index (κ3) is 3.44. The number of hydrogen-bond acceptors (Lipinski definition) is 3. The lowest BCUT2D eigenvalue weighted by atomic mass is 9.86. The molecule has 1 aliphatic carbocycles. The summed E-state index contributed by atoms with van der Waals surface area (Å²) in [6, 6.07) is 5.68. The SMILES string of the molecule is CC1CC(C)C(C)N(Cc2ccc(CNC3CC3)o2)C1. The van der Waals surface area contributed by atoms with E-state index in [0.29, 0.717) is 6.04 Å². The first-order chi connectivity index (χ1) is 9.61. The topological polar surface area (TPSA) is 28.4 Å². The largest absolute Gasteiger partial charge is 0.463 e. The molecule has 0 spiro atoms. The number of furan rings is 1. The van der Waals surface area contributed by atoms with Gasteiger partial charge in [0, 0.05) is 18.6 Å². The molecule has 1 saturated heterocycles. The van der Waals surface area contributed by atoms with Crippen LogP contribution in [0.5, 0.6) is 0 Å². The van der Waals surface area contributed by atoms with Crippen LogP contribution in [0, 0.1) is 11.8 Å². The summed E-state index contributed by atoms with van der Waals surface area (Å²) in [7, 11) is 0. The third-order valence-electron chi connectivity index (χ3n) is 4.94. The van der Waals surface area contributed by atoms with Gasteiger partial charge in [-0.15, -0.1) is 0 Å². The maximum Gasteiger partial charge on any atom is 0.118 e. The van der Waals surface area contributed by atoms with Crippen molar-refractivity contribution >= 4 is 0 Å². The van der Waals surface area contributed by atoms with Crippen LogP contribution >= 0.6 is 0 Å². The summed E-state index contributed by atoms with van der Waals surface area (Å²) in [4.78, 5) is 2.58. The molecule has 2 heterocycles.